The molecule has 0 saturated heterocycles. The molecule has 24 heavy (non-hydrogen) atoms. The third-order valence-corrected chi connectivity index (χ3v) is 3.40. The molecule has 1 aromatic heterocycles. The van der Waals surface area contributed by atoms with E-state index in [1.165, 1.54) is 5.56 Å². The van der Waals surface area contributed by atoms with Crippen molar-refractivity contribution >= 4 is 5.69 Å². The molecule has 0 radical (unpaired) electrons. The molecular weight excluding hydrogens is 371 g/mol. The van der Waals surface area contributed by atoms with Gasteiger partial charge in [-0.25, -0.2) is 0 Å². The van der Waals surface area contributed by atoms with Crippen molar-refractivity contribution in [1.82, 2.24) is 4.98 Å². The second-order valence-electron chi connectivity index (χ2n) is 6.65. The molecule has 0 atom stereocenters. The van der Waals surface area contributed by atoms with E-state index in [9.17, 15) is 0 Å². The Morgan fingerprint density at radius 2 is 1.33 bits per heavy atom. The van der Waals surface area contributed by atoms with Gasteiger partial charge in [0.1, 0.15) is 0 Å². The minimum atomic E-state index is -0.331. The maximum Gasteiger partial charge on any atom is 4.00 e. The third-order valence-electron chi connectivity index (χ3n) is 3.40. The average molecular weight is 404 g/mol. The quantitative estimate of drug-likeness (QED) is 0.526. The monoisotopic (exact) mass is 402 g/mol. The van der Waals surface area contributed by atoms with Crippen molar-refractivity contribution in [3.05, 3.63) is 87.5 Å². The first-order valence-electron chi connectivity index (χ1n) is 7.05. The molecule has 2 rings (SSSR count). The van der Waals surface area contributed by atoms with Crippen LogP contribution in [0.15, 0.2) is 48.7 Å². The Morgan fingerprint density at radius 1 is 0.792 bits per heavy atom. The molecule has 0 aliphatic carbocycles. The zero-order chi connectivity index (χ0) is 14.8. The fourth-order valence-electron chi connectivity index (χ4n) is 2.29. The van der Waals surface area contributed by atoms with Crippen molar-refractivity contribution in [3.63, 3.8) is 0 Å². The summed E-state index contributed by atoms with van der Waals surface area (Å²) in [7, 11) is 0. The Kier molecular flexibility index (Phi) is 12.6. The molecule has 0 spiro atoms. The van der Waals surface area contributed by atoms with E-state index in [1.807, 2.05) is 30.5 Å². The normalized spacial score (nSPS) is 10.2. The molecule has 0 amide bonds. The number of pyridine rings is 1. The first-order valence-corrected chi connectivity index (χ1v) is 7.05. The van der Waals surface area contributed by atoms with E-state index in [0.29, 0.717) is 0 Å². The van der Waals surface area contributed by atoms with Crippen LogP contribution in [-0.4, -0.2) is 4.98 Å². The molecule has 2 aromatic rings. The molecule has 0 unspecified atom stereocenters. The summed E-state index contributed by atoms with van der Waals surface area (Å²) < 4.78 is 0. The smallest absolute Gasteiger partial charge is 0.674 e. The second kappa shape index (κ2) is 10.8. The average Bonchev–Trinajstić information content (AvgIpc) is 2.39. The van der Waals surface area contributed by atoms with E-state index in [-0.39, 0.29) is 59.4 Å². The molecule has 0 aliphatic heterocycles. The van der Waals surface area contributed by atoms with E-state index in [1.54, 1.807) is 0 Å². The SMILES string of the molecule is CC(C)(C)c1ccccc1[N-]C(C)(C)c1ccccn1.[CH3-].[CH3-].[CH3-].[Zr+4]. The Morgan fingerprint density at radius 3 is 1.83 bits per heavy atom. The van der Waals surface area contributed by atoms with Crippen molar-refractivity contribution in [2.75, 3.05) is 0 Å². The number of hydrogen-bond donors (Lipinski definition) is 0. The first kappa shape index (κ1) is 27.9. The second-order valence-corrected chi connectivity index (χ2v) is 6.65. The van der Waals surface area contributed by atoms with E-state index in [4.69, 9.17) is 5.32 Å². The summed E-state index contributed by atoms with van der Waals surface area (Å²) in [6.07, 6.45) is 1.82. The Balaban J connectivity index is -0.00000110. The van der Waals surface area contributed by atoms with Gasteiger partial charge in [-0.2, -0.15) is 0 Å². The van der Waals surface area contributed by atoms with Crippen molar-refractivity contribution in [1.29, 1.82) is 0 Å². The van der Waals surface area contributed by atoms with Crippen LogP contribution < -0.4 is 0 Å². The summed E-state index contributed by atoms with van der Waals surface area (Å²) in [4.78, 5) is 4.44. The summed E-state index contributed by atoms with van der Waals surface area (Å²) in [6, 6.07) is 14.3. The fourth-order valence-corrected chi connectivity index (χ4v) is 2.29. The number of nitrogens with zero attached hydrogens (tertiary/aromatic N) is 2. The van der Waals surface area contributed by atoms with Gasteiger partial charge in [-0.15, -0.1) is 5.69 Å². The molecule has 0 aliphatic rings. The van der Waals surface area contributed by atoms with Crippen LogP contribution in [0.1, 0.15) is 45.9 Å². The van der Waals surface area contributed by atoms with Crippen LogP contribution in [0.4, 0.5) is 5.69 Å². The fraction of sp³-hybridized carbons (Fsp3) is 0.333. The van der Waals surface area contributed by atoms with Crippen LogP contribution in [0, 0.1) is 22.3 Å². The van der Waals surface area contributed by atoms with Crippen LogP contribution >= 0.6 is 0 Å². The first-order chi connectivity index (χ1) is 9.31. The van der Waals surface area contributed by atoms with Crippen LogP contribution in [0.25, 0.3) is 5.32 Å². The molecule has 130 valence electrons. The van der Waals surface area contributed by atoms with Crippen molar-refractivity contribution in [3.8, 4) is 0 Å². The summed E-state index contributed by atoms with van der Waals surface area (Å²) in [5, 5.41) is 4.97. The van der Waals surface area contributed by atoms with Crippen LogP contribution in [0.5, 0.6) is 0 Å². The van der Waals surface area contributed by atoms with E-state index < -0.39 is 0 Å². The van der Waals surface area contributed by atoms with E-state index >= 15 is 0 Å². The molecule has 1 heterocycles. The Bertz CT molecular complexity index is 572. The van der Waals surface area contributed by atoms with Gasteiger partial charge in [-0.05, 0) is 17.5 Å². The van der Waals surface area contributed by atoms with Gasteiger partial charge < -0.3 is 27.6 Å². The van der Waals surface area contributed by atoms with Gasteiger partial charge in [-0.1, -0.05) is 76.1 Å². The van der Waals surface area contributed by atoms with E-state index in [0.717, 1.165) is 11.4 Å². The van der Waals surface area contributed by atoms with Gasteiger partial charge in [0.15, 0.2) is 0 Å². The standard InChI is InChI=1S/C18H23N2.3CH3.Zr/c1-17(2,3)14-10-6-7-11-15(14)20-18(4,5)16-12-8-9-13-19-16;;;;/h6-13H,1-5H3;3*1H3;/q4*-1;+4. The molecule has 1 aromatic carbocycles. The van der Waals surface area contributed by atoms with Gasteiger partial charge in [-0.3, -0.25) is 4.98 Å². The summed E-state index contributed by atoms with van der Waals surface area (Å²) in [5.41, 5.74) is 3.06. The number of para-hydroxylation sites is 1. The molecule has 3 heteroatoms. The van der Waals surface area contributed by atoms with E-state index in [2.05, 4.69) is 57.8 Å². The molecule has 2 nitrogen and oxygen atoms in total. The maximum absolute atomic E-state index is 4.97. The van der Waals surface area contributed by atoms with Gasteiger partial charge in [0.05, 0.1) is 0 Å². The minimum absolute atomic E-state index is 0. The summed E-state index contributed by atoms with van der Waals surface area (Å²) >= 11 is 0. The van der Waals surface area contributed by atoms with Crippen LogP contribution in [-0.2, 0) is 37.2 Å². The van der Waals surface area contributed by atoms with Crippen LogP contribution in [0.2, 0.25) is 0 Å². The molecule has 0 fully saturated rings. The van der Waals surface area contributed by atoms with Crippen molar-refractivity contribution < 1.29 is 26.2 Å². The maximum atomic E-state index is 4.97. The molecule has 0 N–H and O–H groups in total. The topological polar surface area (TPSA) is 27.0 Å². The van der Waals surface area contributed by atoms with Gasteiger partial charge in [0.2, 0.25) is 0 Å². The predicted molar refractivity (Wildman–Crippen MR) is 105 cm³/mol. The van der Waals surface area contributed by atoms with Crippen molar-refractivity contribution in [2.24, 2.45) is 0 Å². The Hall–Kier alpha value is -0.947. The molecule has 0 bridgehead atoms. The number of aromatic nitrogens is 1. The van der Waals surface area contributed by atoms with Gasteiger partial charge in [0, 0.05) is 11.9 Å². The predicted octanol–water partition coefficient (Wildman–Crippen LogP) is 6.67. The number of rotatable bonds is 3. The van der Waals surface area contributed by atoms with Crippen LogP contribution in [0.3, 0.4) is 0 Å². The number of hydrogen-bond acceptors (Lipinski definition) is 1. The largest absolute Gasteiger partial charge is 4.00 e. The molecule has 0 saturated carbocycles. The summed E-state index contributed by atoms with van der Waals surface area (Å²) in [5.74, 6) is 0. The van der Waals surface area contributed by atoms with Gasteiger partial charge >= 0.3 is 26.2 Å². The third kappa shape index (κ3) is 6.89. The molecular formula is C21H32N2Zr. The zero-order valence-electron chi connectivity index (χ0n) is 16.5. The number of benzene rings is 1. The zero-order valence-corrected chi connectivity index (χ0v) is 19.0. The minimum Gasteiger partial charge on any atom is -0.674 e. The van der Waals surface area contributed by atoms with Gasteiger partial charge in [0.25, 0.3) is 0 Å². The summed E-state index contributed by atoms with van der Waals surface area (Å²) in [6.45, 7) is 10.9. The van der Waals surface area contributed by atoms with Crippen molar-refractivity contribution in [2.45, 2.75) is 45.6 Å². The Labute approximate surface area is 169 Å².